The van der Waals surface area contributed by atoms with Gasteiger partial charge in [0.2, 0.25) is 5.82 Å². The van der Waals surface area contributed by atoms with Crippen LogP contribution in [0.3, 0.4) is 0 Å². The summed E-state index contributed by atoms with van der Waals surface area (Å²) in [6, 6.07) is 11.3. The number of ether oxygens (including phenoxy) is 1. The first-order valence-electron chi connectivity index (χ1n) is 8.14. The Morgan fingerprint density at radius 3 is 2.79 bits per heavy atom. The SMILES string of the molecule is COc1cccc(CC2CCN(c3ncccc3[N+](=O)[O-])CC2)c1. The molecule has 1 aliphatic rings. The van der Waals surface area contributed by atoms with Gasteiger partial charge in [-0.25, -0.2) is 4.98 Å². The van der Waals surface area contributed by atoms with Gasteiger partial charge in [-0.15, -0.1) is 0 Å². The molecule has 1 aromatic carbocycles. The van der Waals surface area contributed by atoms with Crippen LogP contribution in [0.15, 0.2) is 42.6 Å². The Morgan fingerprint density at radius 2 is 2.08 bits per heavy atom. The van der Waals surface area contributed by atoms with E-state index in [4.69, 9.17) is 4.74 Å². The van der Waals surface area contributed by atoms with Crippen molar-refractivity contribution in [3.05, 3.63) is 58.3 Å². The first-order valence-corrected chi connectivity index (χ1v) is 8.14. The van der Waals surface area contributed by atoms with Crippen molar-refractivity contribution in [1.82, 2.24) is 4.98 Å². The van der Waals surface area contributed by atoms with E-state index in [0.717, 1.165) is 38.1 Å². The third kappa shape index (κ3) is 3.64. The Balaban J connectivity index is 1.63. The monoisotopic (exact) mass is 327 g/mol. The van der Waals surface area contributed by atoms with E-state index < -0.39 is 0 Å². The lowest BCUT2D eigenvalue weighted by atomic mass is 9.90. The number of aromatic nitrogens is 1. The summed E-state index contributed by atoms with van der Waals surface area (Å²) in [7, 11) is 1.68. The van der Waals surface area contributed by atoms with Crippen molar-refractivity contribution in [3.63, 3.8) is 0 Å². The standard InChI is InChI=1S/C18H21N3O3/c1-24-16-5-2-4-15(13-16)12-14-7-10-20(11-8-14)18-17(21(22)23)6-3-9-19-18/h2-6,9,13-14H,7-8,10-12H2,1H3. The van der Waals surface area contributed by atoms with E-state index in [0.29, 0.717) is 11.7 Å². The molecule has 24 heavy (non-hydrogen) atoms. The zero-order valence-electron chi connectivity index (χ0n) is 13.7. The van der Waals surface area contributed by atoms with Crippen molar-refractivity contribution >= 4 is 11.5 Å². The fourth-order valence-electron chi connectivity index (χ4n) is 3.26. The third-order valence-corrected chi connectivity index (χ3v) is 4.54. The summed E-state index contributed by atoms with van der Waals surface area (Å²) < 4.78 is 5.27. The van der Waals surface area contributed by atoms with Crippen LogP contribution >= 0.6 is 0 Å². The van der Waals surface area contributed by atoms with Crippen LogP contribution in [0.5, 0.6) is 5.75 Å². The lowest BCUT2D eigenvalue weighted by molar-refractivity contribution is -0.384. The first kappa shape index (κ1) is 16.2. The molecule has 3 rings (SSSR count). The molecule has 0 atom stereocenters. The normalized spacial score (nSPS) is 15.3. The molecular formula is C18H21N3O3. The van der Waals surface area contributed by atoms with Gasteiger partial charge in [-0.2, -0.15) is 0 Å². The molecule has 2 heterocycles. The molecular weight excluding hydrogens is 306 g/mol. The maximum absolute atomic E-state index is 11.2. The molecule has 0 N–H and O–H groups in total. The highest BCUT2D eigenvalue weighted by Gasteiger charge is 2.25. The van der Waals surface area contributed by atoms with Crippen LogP contribution in [0, 0.1) is 16.0 Å². The summed E-state index contributed by atoms with van der Waals surface area (Å²) >= 11 is 0. The Labute approximate surface area is 141 Å². The molecule has 0 bridgehead atoms. The van der Waals surface area contributed by atoms with Gasteiger partial charge in [-0.1, -0.05) is 12.1 Å². The second kappa shape index (κ2) is 7.29. The van der Waals surface area contributed by atoms with Gasteiger partial charge >= 0.3 is 5.69 Å². The molecule has 6 nitrogen and oxygen atoms in total. The van der Waals surface area contributed by atoms with E-state index >= 15 is 0 Å². The number of piperidine rings is 1. The largest absolute Gasteiger partial charge is 0.497 e. The molecule has 0 saturated carbocycles. The summed E-state index contributed by atoms with van der Waals surface area (Å²) in [5, 5.41) is 11.2. The number of hydrogen-bond acceptors (Lipinski definition) is 5. The predicted octanol–water partition coefficient (Wildman–Crippen LogP) is 3.46. The highest BCUT2D eigenvalue weighted by Crippen LogP contribution is 2.30. The van der Waals surface area contributed by atoms with Gasteiger partial charge in [-0.05, 0) is 48.9 Å². The molecule has 1 fully saturated rings. The average Bonchev–Trinajstić information content (AvgIpc) is 2.62. The molecule has 1 saturated heterocycles. The lowest BCUT2D eigenvalue weighted by Gasteiger charge is -2.32. The number of benzene rings is 1. The molecule has 0 aliphatic carbocycles. The van der Waals surface area contributed by atoms with Gasteiger partial charge in [0.1, 0.15) is 5.75 Å². The summed E-state index contributed by atoms with van der Waals surface area (Å²) in [5.41, 5.74) is 1.36. The van der Waals surface area contributed by atoms with Crippen molar-refractivity contribution in [2.24, 2.45) is 5.92 Å². The van der Waals surface area contributed by atoms with Crippen LogP contribution < -0.4 is 9.64 Å². The molecule has 0 spiro atoms. The van der Waals surface area contributed by atoms with E-state index in [9.17, 15) is 10.1 Å². The van der Waals surface area contributed by atoms with Gasteiger partial charge < -0.3 is 9.64 Å². The summed E-state index contributed by atoms with van der Waals surface area (Å²) in [6.45, 7) is 1.60. The number of nitrogens with zero attached hydrogens (tertiary/aromatic N) is 3. The van der Waals surface area contributed by atoms with Gasteiger partial charge in [0.25, 0.3) is 0 Å². The number of rotatable bonds is 5. The van der Waals surface area contributed by atoms with Crippen LogP contribution in [0.2, 0.25) is 0 Å². The number of methoxy groups -OCH3 is 1. The zero-order chi connectivity index (χ0) is 16.9. The van der Waals surface area contributed by atoms with Gasteiger partial charge in [0, 0.05) is 25.4 Å². The Hall–Kier alpha value is -2.63. The Morgan fingerprint density at radius 1 is 1.29 bits per heavy atom. The molecule has 0 amide bonds. The van der Waals surface area contributed by atoms with E-state index in [1.165, 1.54) is 11.6 Å². The second-order valence-corrected chi connectivity index (χ2v) is 6.09. The maximum atomic E-state index is 11.2. The quantitative estimate of drug-likeness (QED) is 0.621. The van der Waals surface area contributed by atoms with Crippen LogP contribution in [-0.2, 0) is 6.42 Å². The predicted molar refractivity (Wildman–Crippen MR) is 92.5 cm³/mol. The minimum absolute atomic E-state index is 0.0868. The molecule has 2 aromatic rings. The summed E-state index contributed by atoms with van der Waals surface area (Å²) in [4.78, 5) is 17.1. The van der Waals surface area contributed by atoms with Crippen molar-refractivity contribution in [2.45, 2.75) is 19.3 Å². The van der Waals surface area contributed by atoms with Gasteiger partial charge in [0.15, 0.2) is 0 Å². The molecule has 6 heteroatoms. The van der Waals surface area contributed by atoms with Crippen molar-refractivity contribution in [3.8, 4) is 5.75 Å². The number of hydrogen-bond donors (Lipinski definition) is 0. The van der Waals surface area contributed by atoms with Crippen molar-refractivity contribution in [1.29, 1.82) is 0 Å². The average molecular weight is 327 g/mol. The summed E-state index contributed by atoms with van der Waals surface area (Å²) in [6.07, 6.45) is 4.63. The highest BCUT2D eigenvalue weighted by molar-refractivity contribution is 5.57. The van der Waals surface area contributed by atoms with Gasteiger partial charge in [-0.3, -0.25) is 10.1 Å². The maximum Gasteiger partial charge on any atom is 0.311 e. The molecule has 0 radical (unpaired) electrons. The Bertz CT molecular complexity index is 712. The molecule has 1 aromatic heterocycles. The Kier molecular flexibility index (Phi) is 4.93. The molecule has 0 unspecified atom stereocenters. The zero-order valence-corrected chi connectivity index (χ0v) is 13.7. The van der Waals surface area contributed by atoms with Crippen LogP contribution in [0.1, 0.15) is 18.4 Å². The van der Waals surface area contributed by atoms with Crippen molar-refractivity contribution < 1.29 is 9.66 Å². The van der Waals surface area contributed by atoms with E-state index in [1.54, 1.807) is 19.4 Å². The van der Waals surface area contributed by atoms with E-state index in [2.05, 4.69) is 17.1 Å². The lowest BCUT2D eigenvalue weighted by Crippen LogP contribution is -2.35. The van der Waals surface area contributed by atoms with E-state index in [1.807, 2.05) is 17.0 Å². The van der Waals surface area contributed by atoms with E-state index in [-0.39, 0.29) is 10.6 Å². The highest BCUT2D eigenvalue weighted by atomic mass is 16.6. The van der Waals surface area contributed by atoms with Crippen LogP contribution in [-0.4, -0.2) is 30.1 Å². The smallest absolute Gasteiger partial charge is 0.311 e. The number of anilines is 1. The topological polar surface area (TPSA) is 68.5 Å². The molecule has 126 valence electrons. The number of pyridine rings is 1. The number of nitro groups is 1. The second-order valence-electron chi connectivity index (χ2n) is 6.09. The fraction of sp³-hybridized carbons (Fsp3) is 0.389. The fourth-order valence-corrected chi connectivity index (χ4v) is 3.26. The van der Waals surface area contributed by atoms with Crippen LogP contribution in [0.25, 0.3) is 0 Å². The minimum atomic E-state index is -0.356. The van der Waals surface area contributed by atoms with Crippen LogP contribution in [0.4, 0.5) is 11.5 Å². The third-order valence-electron chi connectivity index (χ3n) is 4.54. The first-order chi connectivity index (χ1) is 11.7. The molecule has 1 aliphatic heterocycles. The minimum Gasteiger partial charge on any atom is -0.497 e. The van der Waals surface area contributed by atoms with Crippen molar-refractivity contribution in [2.75, 3.05) is 25.1 Å². The van der Waals surface area contributed by atoms with Gasteiger partial charge in [0.05, 0.1) is 12.0 Å². The summed E-state index contributed by atoms with van der Waals surface area (Å²) in [5.74, 6) is 1.95.